The molecule has 0 aliphatic rings. The van der Waals surface area contributed by atoms with E-state index < -0.39 is 22.7 Å². The molecule has 0 aliphatic heterocycles. The Morgan fingerprint density at radius 1 is 1.11 bits per heavy atom. The van der Waals surface area contributed by atoms with E-state index in [4.69, 9.17) is 12.2 Å². The van der Waals surface area contributed by atoms with E-state index >= 15 is 0 Å². The van der Waals surface area contributed by atoms with Crippen molar-refractivity contribution in [3.05, 3.63) is 77.0 Å². The van der Waals surface area contributed by atoms with Gasteiger partial charge in [-0.05, 0) is 49.3 Å². The van der Waals surface area contributed by atoms with Gasteiger partial charge >= 0.3 is 5.69 Å². The second-order valence-corrected chi connectivity index (χ2v) is 6.20. The fourth-order valence-corrected chi connectivity index (χ4v) is 2.68. The predicted octanol–water partition coefficient (Wildman–Crippen LogP) is 1.34. The van der Waals surface area contributed by atoms with Gasteiger partial charge in [0.05, 0.1) is 5.69 Å². The van der Waals surface area contributed by atoms with Crippen LogP contribution in [-0.4, -0.2) is 30.8 Å². The van der Waals surface area contributed by atoms with Crippen LogP contribution in [-0.2, 0) is 0 Å². The monoisotopic (exact) mass is 385 g/mol. The minimum absolute atomic E-state index is 0.0137. The van der Waals surface area contributed by atoms with Crippen LogP contribution >= 0.6 is 12.2 Å². The normalized spacial score (nSPS) is 11.2. The SMILES string of the molecule is Cc1ccc(-n2c(O)c(C=Nc3c[nH]c(=O)[nH]c3=O)c(=O)[nH]c2=S)cc1C. The summed E-state index contributed by atoms with van der Waals surface area (Å²) < 4.78 is 1.31. The van der Waals surface area contributed by atoms with Gasteiger partial charge in [-0.1, -0.05) is 6.07 Å². The summed E-state index contributed by atoms with van der Waals surface area (Å²) in [4.78, 5) is 45.5. The van der Waals surface area contributed by atoms with Crippen LogP contribution in [0, 0.1) is 18.6 Å². The number of rotatable bonds is 3. The van der Waals surface area contributed by atoms with Crippen LogP contribution in [0.15, 0.2) is 43.8 Å². The molecule has 0 spiro atoms. The number of aryl methyl sites for hydroxylation is 2. The van der Waals surface area contributed by atoms with Crippen LogP contribution in [0.2, 0.25) is 0 Å². The molecule has 2 heterocycles. The van der Waals surface area contributed by atoms with Crippen LogP contribution in [0.1, 0.15) is 16.7 Å². The first-order chi connectivity index (χ1) is 12.8. The molecule has 4 N–H and O–H groups in total. The molecule has 0 radical (unpaired) electrons. The maximum Gasteiger partial charge on any atom is 0.325 e. The number of hydrogen-bond acceptors (Lipinski definition) is 6. The number of aromatic hydroxyl groups is 1. The lowest BCUT2D eigenvalue weighted by molar-refractivity contribution is 0.432. The Balaban J connectivity index is 2.17. The first kappa shape index (κ1) is 18.3. The number of benzene rings is 1. The fraction of sp³-hybridized carbons (Fsp3) is 0.118. The van der Waals surface area contributed by atoms with E-state index in [2.05, 4.69) is 15.0 Å². The quantitative estimate of drug-likeness (QED) is 0.398. The number of nitrogens with zero attached hydrogens (tertiary/aromatic N) is 2. The first-order valence-electron chi connectivity index (χ1n) is 7.80. The van der Waals surface area contributed by atoms with E-state index in [1.165, 1.54) is 4.57 Å². The highest BCUT2D eigenvalue weighted by molar-refractivity contribution is 7.71. The maximum absolute atomic E-state index is 12.2. The zero-order chi connectivity index (χ0) is 19.7. The molecule has 3 aromatic rings. The van der Waals surface area contributed by atoms with Crippen molar-refractivity contribution in [1.29, 1.82) is 0 Å². The second-order valence-electron chi connectivity index (χ2n) is 5.82. The van der Waals surface area contributed by atoms with Crippen molar-refractivity contribution in [3.8, 4) is 11.6 Å². The molecule has 3 rings (SSSR count). The highest BCUT2D eigenvalue weighted by Gasteiger charge is 2.13. The van der Waals surface area contributed by atoms with E-state index in [0.29, 0.717) is 5.69 Å². The van der Waals surface area contributed by atoms with E-state index in [9.17, 15) is 19.5 Å². The van der Waals surface area contributed by atoms with Crippen molar-refractivity contribution >= 4 is 24.1 Å². The molecule has 0 aliphatic carbocycles. The Morgan fingerprint density at radius 2 is 1.85 bits per heavy atom. The Hall–Kier alpha value is -3.53. The average Bonchev–Trinajstić information content (AvgIpc) is 2.59. The van der Waals surface area contributed by atoms with Gasteiger partial charge < -0.3 is 10.1 Å². The lowest BCUT2D eigenvalue weighted by Gasteiger charge is -2.12. The number of hydrogen-bond donors (Lipinski definition) is 4. The van der Waals surface area contributed by atoms with Crippen LogP contribution in [0.3, 0.4) is 0 Å². The van der Waals surface area contributed by atoms with Crippen LogP contribution in [0.4, 0.5) is 5.69 Å². The van der Waals surface area contributed by atoms with E-state index in [-0.39, 0.29) is 16.0 Å². The van der Waals surface area contributed by atoms with Crippen molar-refractivity contribution in [1.82, 2.24) is 19.5 Å². The molecule has 0 unspecified atom stereocenters. The van der Waals surface area contributed by atoms with Gasteiger partial charge in [0.25, 0.3) is 11.1 Å². The number of nitrogens with one attached hydrogen (secondary N) is 3. The average molecular weight is 385 g/mol. The zero-order valence-corrected chi connectivity index (χ0v) is 15.2. The largest absolute Gasteiger partial charge is 0.494 e. The topological polar surface area (TPSA) is 136 Å². The van der Waals surface area contributed by atoms with Crippen molar-refractivity contribution in [2.45, 2.75) is 13.8 Å². The summed E-state index contributed by atoms with van der Waals surface area (Å²) in [7, 11) is 0. The summed E-state index contributed by atoms with van der Waals surface area (Å²) in [6.45, 7) is 3.86. The summed E-state index contributed by atoms with van der Waals surface area (Å²) in [6.07, 6.45) is 2.13. The first-order valence-corrected chi connectivity index (χ1v) is 8.21. The third-order valence-corrected chi connectivity index (χ3v) is 4.29. The Labute approximate surface area is 156 Å². The van der Waals surface area contributed by atoms with Crippen molar-refractivity contribution < 1.29 is 5.11 Å². The summed E-state index contributed by atoms with van der Waals surface area (Å²) in [6, 6.07) is 5.44. The summed E-state index contributed by atoms with van der Waals surface area (Å²) >= 11 is 5.17. The molecule has 1 aromatic carbocycles. The Morgan fingerprint density at radius 3 is 2.52 bits per heavy atom. The molecule has 9 nitrogen and oxygen atoms in total. The zero-order valence-electron chi connectivity index (χ0n) is 14.4. The molecule has 2 aromatic heterocycles. The number of H-pyrrole nitrogens is 3. The summed E-state index contributed by atoms with van der Waals surface area (Å²) in [5.74, 6) is -0.420. The van der Waals surface area contributed by atoms with E-state index in [0.717, 1.165) is 23.5 Å². The summed E-state index contributed by atoms with van der Waals surface area (Å²) in [5, 5.41) is 10.6. The molecule has 0 fully saturated rings. The Kier molecular flexibility index (Phi) is 4.74. The highest BCUT2D eigenvalue weighted by atomic mass is 32.1. The third kappa shape index (κ3) is 3.55. The van der Waals surface area contributed by atoms with Gasteiger partial charge in [0.1, 0.15) is 11.3 Å². The molecular weight excluding hydrogens is 370 g/mol. The molecular formula is C17H15N5O4S. The highest BCUT2D eigenvalue weighted by Crippen LogP contribution is 2.21. The maximum atomic E-state index is 12.2. The fourth-order valence-electron chi connectivity index (χ4n) is 2.39. The molecule has 0 atom stereocenters. The lowest BCUT2D eigenvalue weighted by atomic mass is 10.1. The van der Waals surface area contributed by atoms with E-state index in [1.807, 2.05) is 31.0 Å². The Bertz CT molecular complexity index is 1300. The molecule has 0 saturated heterocycles. The minimum atomic E-state index is -0.729. The van der Waals surface area contributed by atoms with Crippen LogP contribution < -0.4 is 16.8 Å². The molecule has 0 bridgehead atoms. The predicted molar refractivity (Wildman–Crippen MR) is 103 cm³/mol. The standard InChI is InChI=1S/C17H15N5O4S/c1-8-3-4-10(5-9(8)2)22-15(25)11(13(23)21-17(22)27)6-18-12-7-19-16(26)20-14(12)24/h3-7,25H,1-2H3,(H,21,23,27)(H2,19,20,24,26). The number of aromatic nitrogens is 4. The van der Waals surface area contributed by atoms with Gasteiger partial charge in [0.15, 0.2) is 4.77 Å². The van der Waals surface area contributed by atoms with Gasteiger partial charge in [-0.25, -0.2) is 9.79 Å². The molecule has 27 heavy (non-hydrogen) atoms. The van der Waals surface area contributed by atoms with Crippen molar-refractivity contribution in [3.63, 3.8) is 0 Å². The minimum Gasteiger partial charge on any atom is -0.494 e. The third-order valence-electron chi connectivity index (χ3n) is 4.00. The number of aliphatic imine (C=N–C) groups is 1. The molecule has 10 heteroatoms. The van der Waals surface area contributed by atoms with Crippen molar-refractivity contribution in [2.75, 3.05) is 0 Å². The molecule has 0 amide bonds. The number of aromatic amines is 3. The molecule has 138 valence electrons. The molecule has 0 saturated carbocycles. The lowest BCUT2D eigenvalue weighted by Crippen LogP contribution is -2.21. The van der Waals surface area contributed by atoms with Crippen LogP contribution in [0.5, 0.6) is 5.88 Å². The van der Waals surface area contributed by atoms with Crippen molar-refractivity contribution in [2.24, 2.45) is 4.99 Å². The van der Waals surface area contributed by atoms with Gasteiger partial charge in [0, 0.05) is 12.4 Å². The second kappa shape index (κ2) is 7.00. The van der Waals surface area contributed by atoms with E-state index in [1.54, 1.807) is 6.07 Å². The van der Waals surface area contributed by atoms with Gasteiger partial charge in [-0.2, -0.15) is 0 Å². The van der Waals surface area contributed by atoms with Gasteiger partial charge in [-0.3, -0.25) is 24.1 Å². The van der Waals surface area contributed by atoms with Crippen LogP contribution in [0.25, 0.3) is 5.69 Å². The van der Waals surface area contributed by atoms with Gasteiger partial charge in [-0.15, -0.1) is 0 Å². The van der Waals surface area contributed by atoms with Gasteiger partial charge in [0.2, 0.25) is 5.88 Å². The smallest absolute Gasteiger partial charge is 0.325 e. The summed E-state index contributed by atoms with van der Waals surface area (Å²) in [5.41, 5.74) is 0.218.